The summed E-state index contributed by atoms with van der Waals surface area (Å²) in [6.45, 7) is 9.47. The summed E-state index contributed by atoms with van der Waals surface area (Å²) >= 11 is 3.45. The number of aryl methyl sites for hydroxylation is 2. The Kier molecular flexibility index (Phi) is 6.46. The van der Waals surface area contributed by atoms with Crippen molar-refractivity contribution in [1.82, 2.24) is 9.80 Å². The Balaban J connectivity index is 1.46. The van der Waals surface area contributed by atoms with Gasteiger partial charge in [0.2, 0.25) is 5.91 Å². The topological polar surface area (TPSA) is 35.6 Å². The van der Waals surface area contributed by atoms with Crippen molar-refractivity contribution >= 4 is 27.5 Å². The van der Waals surface area contributed by atoms with Gasteiger partial charge in [-0.1, -0.05) is 40.2 Å². The zero-order chi connectivity index (χ0) is 18.5. The lowest BCUT2D eigenvalue weighted by molar-refractivity contribution is -0.117. The smallest absolute Gasteiger partial charge is 0.238 e. The summed E-state index contributed by atoms with van der Waals surface area (Å²) in [6, 6.07) is 14.5. The van der Waals surface area contributed by atoms with E-state index in [1.165, 1.54) is 11.1 Å². The Labute approximate surface area is 164 Å². The van der Waals surface area contributed by atoms with Crippen LogP contribution in [0.15, 0.2) is 46.9 Å². The summed E-state index contributed by atoms with van der Waals surface area (Å²) in [5.41, 5.74) is 4.69. The molecule has 0 aromatic heterocycles. The molecule has 5 heteroatoms. The minimum atomic E-state index is 0.0581. The molecular weight excluding hydrogens is 390 g/mol. The zero-order valence-corrected chi connectivity index (χ0v) is 17.1. The van der Waals surface area contributed by atoms with Gasteiger partial charge in [0, 0.05) is 42.9 Å². The van der Waals surface area contributed by atoms with Crippen molar-refractivity contribution in [3.8, 4) is 0 Å². The molecule has 3 rings (SSSR count). The molecule has 26 heavy (non-hydrogen) atoms. The van der Waals surface area contributed by atoms with E-state index in [1.807, 2.05) is 25.1 Å². The lowest BCUT2D eigenvalue weighted by Crippen LogP contribution is -2.48. The number of hydrogen-bond acceptors (Lipinski definition) is 3. The van der Waals surface area contributed by atoms with Crippen LogP contribution in [0.2, 0.25) is 0 Å². The van der Waals surface area contributed by atoms with Crippen molar-refractivity contribution in [2.45, 2.75) is 20.4 Å². The first-order valence-electron chi connectivity index (χ1n) is 9.06. The highest BCUT2D eigenvalue weighted by Crippen LogP contribution is 2.20. The predicted octanol–water partition coefficient (Wildman–Crippen LogP) is 3.82. The third kappa shape index (κ3) is 5.16. The minimum Gasteiger partial charge on any atom is -0.325 e. The van der Waals surface area contributed by atoms with Gasteiger partial charge in [-0.25, -0.2) is 0 Å². The van der Waals surface area contributed by atoms with E-state index in [0.717, 1.165) is 48.4 Å². The van der Waals surface area contributed by atoms with Gasteiger partial charge in [0.05, 0.1) is 6.54 Å². The average Bonchev–Trinajstić information content (AvgIpc) is 2.61. The molecule has 4 nitrogen and oxygen atoms in total. The average molecular weight is 416 g/mol. The van der Waals surface area contributed by atoms with E-state index >= 15 is 0 Å². The van der Waals surface area contributed by atoms with Gasteiger partial charge < -0.3 is 5.32 Å². The number of amides is 1. The normalized spacial score (nSPS) is 15.8. The summed E-state index contributed by atoms with van der Waals surface area (Å²) in [5, 5.41) is 3.03. The Hall–Kier alpha value is -1.69. The van der Waals surface area contributed by atoms with Gasteiger partial charge in [0.1, 0.15) is 0 Å². The second-order valence-electron chi connectivity index (χ2n) is 6.99. The molecule has 0 saturated carbocycles. The number of anilines is 1. The van der Waals surface area contributed by atoms with Gasteiger partial charge in [0.25, 0.3) is 0 Å². The summed E-state index contributed by atoms with van der Waals surface area (Å²) < 4.78 is 1.03. The number of carbonyl (C=O) groups is 1. The number of rotatable bonds is 5. The highest BCUT2D eigenvalue weighted by molar-refractivity contribution is 9.10. The molecule has 2 aromatic rings. The first-order chi connectivity index (χ1) is 12.5. The van der Waals surface area contributed by atoms with E-state index in [9.17, 15) is 4.79 Å². The molecule has 0 bridgehead atoms. The molecule has 0 radical (unpaired) electrons. The molecule has 1 aliphatic heterocycles. The van der Waals surface area contributed by atoms with Gasteiger partial charge in [-0.3, -0.25) is 14.6 Å². The molecule has 1 amide bonds. The van der Waals surface area contributed by atoms with E-state index in [4.69, 9.17) is 0 Å². The second-order valence-corrected chi connectivity index (χ2v) is 7.90. The Morgan fingerprint density at radius 1 is 1.00 bits per heavy atom. The van der Waals surface area contributed by atoms with Crippen LogP contribution in [0.4, 0.5) is 5.69 Å². The summed E-state index contributed by atoms with van der Waals surface area (Å²) in [6.07, 6.45) is 0. The number of benzene rings is 2. The minimum absolute atomic E-state index is 0.0581. The molecule has 1 saturated heterocycles. The number of nitrogens with one attached hydrogen (secondary N) is 1. The molecule has 1 fully saturated rings. The number of carbonyl (C=O) groups excluding carboxylic acids is 1. The summed E-state index contributed by atoms with van der Waals surface area (Å²) in [7, 11) is 0. The van der Waals surface area contributed by atoms with Crippen LogP contribution in [0.5, 0.6) is 0 Å². The van der Waals surface area contributed by atoms with Crippen LogP contribution in [0.1, 0.15) is 16.7 Å². The molecule has 0 aliphatic carbocycles. The SMILES string of the molecule is Cc1ccccc1CN1CCN(CC(=O)Nc2ccc(Br)cc2C)CC1. The van der Waals surface area contributed by atoms with Gasteiger partial charge in [-0.05, 0) is 48.7 Å². The van der Waals surface area contributed by atoms with Gasteiger partial charge >= 0.3 is 0 Å². The predicted molar refractivity (Wildman–Crippen MR) is 110 cm³/mol. The Morgan fingerprint density at radius 3 is 2.38 bits per heavy atom. The fourth-order valence-corrected chi connectivity index (χ4v) is 3.77. The van der Waals surface area contributed by atoms with E-state index in [2.05, 4.69) is 62.2 Å². The van der Waals surface area contributed by atoms with Crippen molar-refractivity contribution in [2.24, 2.45) is 0 Å². The molecule has 0 spiro atoms. The lowest BCUT2D eigenvalue weighted by Gasteiger charge is -2.34. The quantitative estimate of drug-likeness (QED) is 0.805. The molecule has 1 aliphatic rings. The van der Waals surface area contributed by atoms with Crippen molar-refractivity contribution in [2.75, 3.05) is 38.0 Å². The fraction of sp³-hybridized carbons (Fsp3) is 0.381. The third-order valence-electron chi connectivity index (χ3n) is 4.95. The van der Waals surface area contributed by atoms with E-state index in [1.54, 1.807) is 0 Å². The van der Waals surface area contributed by atoms with Crippen molar-refractivity contribution in [3.05, 3.63) is 63.6 Å². The molecule has 0 unspecified atom stereocenters. The Morgan fingerprint density at radius 2 is 1.69 bits per heavy atom. The number of halogens is 1. The van der Waals surface area contributed by atoms with Crippen molar-refractivity contribution in [1.29, 1.82) is 0 Å². The number of hydrogen-bond donors (Lipinski definition) is 1. The second kappa shape index (κ2) is 8.80. The maximum absolute atomic E-state index is 12.4. The van der Waals surface area contributed by atoms with Gasteiger partial charge in [0.15, 0.2) is 0 Å². The summed E-state index contributed by atoms with van der Waals surface area (Å²) in [4.78, 5) is 17.1. The van der Waals surface area contributed by atoms with Gasteiger partial charge in [-0.2, -0.15) is 0 Å². The number of nitrogens with zero attached hydrogens (tertiary/aromatic N) is 2. The zero-order valence-electron chi connectivity index (χ0n) is 15.5. The molecule has 2 aromatic carbocycles. The highest BCUT2D eigenvalue weighted by Gasteiger charge is 2.19. The molecular formula is C21H26BrN3O. The van der Waals surface area contributed by atoms with Crippen LogP contribution in [0.25, 0.3) is 0 Å². The molecule has 0 atom stereocenters. The highest BCUT2D eigenvalue weighted by atomic mass is 79.9. The lowest BCUT2D eigenvalue weighted by atomic mass is 10.1. The molecule has 138 valence electrons. The van der Waals surface area contributed by atoms with Crippen molar-refractivity contribution < 1.29 is 4.79 Å². The maximum atomic E-state index is 12.4. The van der Waals surface area contributed by atoms with Crippen LogP contribution in [0, 0.1) is 13.8 Å². The van der Waals surface area contributed by atoms with Crippen LogP contribution < -0.4 is 5.32 Å². The maximum Gasteiger partial charge on any atom is 0.238 e. The third-order valence-corrected chi connectivity index (χ3v) is 5.44. The largest absolute Gasteiger partial charge is 0.325 e. The van der Waals surface area contributed by atoms with Gasteiger partial charge in [-0.15, -0.1) is 0 Å². The van der Waals surface area contributed by atoms with Crippen molar-refractivity contribution in [3.63, 3.8) is 0 Å². The molecule has 1 heterocycles. The fourth-order valence-electron chi connectivity index (χ4n) is 3.29. The Bertz CT molecular complexity index is 770. The number of piperazine rings is 1. The standard InChI is InChI=1S/C21H26BrN3O/c1-16-5-3-4-6-18(16)14-24-9-11-25(12-10-24)15-21(26)23-20-8-7-19(22)13-17(20)2/h3-8,13H,9-12,14-15H2,1-2H3,(H,23,26). The monoisotopic (exact) mass is 415 g/mol. The van der Waals surface area contributed by atoms with Crippen LogP contribution >= 0.6 is 15.9 Å². The van der Waals surface area contributed by atoms with Crippen LogP contribution in [-0.4, -0.2) is 48.4 Å². The first-order valence-corrected chi connectivity index (χ1v) is 9.86. The van der Waals surface area contributed by atoms with E-state index in [-0.39, 0.29) is 5.91 Å². The molecule has 1 N–H and O–H groups in total. The van der Waals surface area contributed by atoms with E-state index < -0.39 is 0 Å². The summed E-state index contributed by atoms with van der Waals surface area (Å²) in [5.74, 6) is 0.0581. The first kappa shape index (κ1) is 19.1. The van der Waals surface area contributed by atoms with E-state index in [0.29, 0.717) is 6.54 Å². The van der Waals surface area contributed by atoms with Crippen LogP contribution in [-0.2, 0) is 11.3 Å². The van der Waals surface area contributed by atoms with Crippen LogP contribution in [0.3, 0.4) is 0 Å².